The average molecular weight is 303 g/mol. The highest BCUT2D eigenvalue weighted by molar-refractivity contribution is 7.98. The number of hydrogen-bond acceptors (Lipinski definition) is 3. The molecule has 0 aliphatic carbocycles. The molecule has 0 fully saturated rings. The summed E-state index contributed by atoms with van der Waals surface area (Å²) in [4.78, 5) is 11.8. The fourth-order valence-electron chi connectivity index (χ4n) is 1.33. The van der Waals surface area contributed by atoms with Gasteiger partial charge in [-0.25, -0.2) is 9.18 Å². The molecule has 0 spiro atoms. The largest absolute Gasteiger partial charge is 0.477 e. The van der Waals surface area contributed by atoms with Crippen LogP contribution >= 0.6 is 34.7 Å². The van der Waals surface area contributed by atoms with Crippen molar-refractivity contribution in [3.05, 3.63) is 50.9 Å². The molecule has 0 saturated carbocycles. The van der Waals surface area contributed by atoms with Crippen LogP contribution in [0.4, 0.5) is 4.39 Å². The van der Waals surface area contributed by atoms with Crippen LogP contribution in [0.25, 0.3) is 0 Å². The van der Waals surface area contributed by atoms with Gasteiger partial charge in [-0.2, -0.15) is 0 Å². The third-order valence-corrected chi connectivity index (χ3v) is 4.65. The molecule has 0 amide bonds. The molecule has 0 saturated heterocycles. The first-order valence-corrected chi connectivity index (χ1v) is 7.20. The van der Waals surface area contributed by atoms with Crippen molar-refractivity contribution in [2.75, 3.05) is 0 Å². The van der Waals surface area contributed by atoms with Crippen molar-refractivity contribution >= 4 is 40.7 Å². The summed E-state index contributed by atoms with van der Waals surface area (Å²) in [5, 5.41) is 10.9. The zero-order valence-corrected chi connectivity index (χ0v) is 11.4. The topological polar surface area (TPSA) is 37.3 Å². The zero-order chi connectivity index (χ0) is 13.1. The maximum atomic E-state index is 13.5. The lowest BCUT2D eigenvalue weighted by molar-refractivity contribution is 0.0702. The highest BCUT2D eigenvalue weighted by Crippen LogP contribution is 2.31. The molecule has 0 aliphatic heterocycles. The van der Waals surface area contributed by atoms with Gasteiger partial charge in [0.2, 0.25) is 0 Å². The van der Waals surface area contributed by atoms with Gasteiger partial charge in [0.05, 0.1) is 0 Å². The second-order valence-electron chi connectivity index (χ2n) is 3.44. The van der Waals surface area contributed by atoms with Crippen molar-refractivity contribution in [3.8, 4) is 0 Å². The van der Waals surface area contributed by atoms with Crippen LogP contribution in [-0.4, -0.2) is 11.1 Å². The van der Waals surface area contributed by atoms with E-state index in [1.807, 2.05) is 0 Å². The summed E-state index contributed by atoms with van der Waals surface area (Å²) in [5.41, 5.74) is 0.437. The van der Waals surface area contributed by atoms with E-state index in [-0.39, 0.29) is 10.7 Å². The number of carboxylic acid groups (broad SMARTS) is 1. The lowest BCUT2D eigenvalue weighted by Crippen LogP contribution is -1.90. The Morgan fingerprint density at radius 2 is 2.28 bits per heavy atom. The molecule has 0 aliphatic rings. The Kier molecular flexibility index (Phi) is 4.27. The molecular formula is C12H8ClFO2S2. The number of carbonyl (C=O) groups is 1. The van der Waals surface area contributed by atoms with Gasteiger partial charge in [-0.3, -0.25) is 0 Å². The van der Waals surface area contributed by atoms with E-state index in [4.69, 9.17) is 16.7 Å². The normalized spacial score (nSPS) is 10.6. The Morgan fingerprint density at radius 3 is 2.89 bits per heavy atom. The number of benzene rings is 1. The molecule has 2 aromatic rings. The molecule has 2 rings (SSSR count). The molecule has 0 atom stereocenters. The molecule has 1 aromatic heterocycles. The first-order chi connectivity index (χ1) is 8.58. The summed E-state index contributed by atoms with van der Waals surface area (Å²) < 4.78 is 13.5. The van der Waals surface area contributed by atoms with Gasteiger partial charge in [-0.15, -0.1) is 23.1 Å². The number of rotatable bonds is 4. The smallest absolute Gasteiger partial charge is 0.345 e. The maximum Gasteiger partial charge on any atom is 0.345 e. The number of thioether (sulfide) groups is 1. The van der Waals surface area contributed by atoms with Crippen molar-refractivity contribution < 1.29 is 14.3 Å². The molecule has 6 heteroatoms. The minimum atomic E-state index is -0.948. The van der Waals surface area contributed by atoms with E-state index in [1.54, 1.807) is 23.6 Å². The number of aromatic carboxylic acids is 1. The summed E-state index contributed by atoms with van der Waals surface area (Å²) in [5.74, 6) is -0.916. The molecule has 1 aromatic carbocycles. The van der Waals surface area contributed by atoms with Gasteiger partial charge in [0.15, 0.2) is 0 Å². The van der Waals surface area contributed by atoms with Crippen LogP contribution in [-0.2, 0) is 5.75 Å². The Morgan fingerprint density at radius 1 is 1.50 bits per heavy atom. The zero-order valence-electron chi connectivity index (χ0n) is 9.02. The molecular weight excluding hydrogens is 295 g/mol. The van der Waals surface area contributed by atoms with E-state index in [1.165, 1.54) is 17.8 Å². The molecule has 1 N–H and O–H groups in total. The van der Waals surface area contributed by atoms with Crippen LogP contribution in [0.2, 0.25) is 5.02 Å². The third-order valence-electron chi connectivity index (χ3n) is 2.23. The molecule has 94 valence electrons. The van der Waals surface area contributed by atoms with Gasteiger partial charge in [0, 0.05) is 26.6 Å². The number of halogens is 2. The Hall–Kier alpha value is -1.04. The minimum Gasteiger partial charge on any atom is -0.477 e. The van der Waals surface area contributed by atoms with E-state index in [2.05, 4.69) is 0 Å². The van der Waals surface area contributed by atoms with Gasteiger partial charge in [-0.05, 0) is 18.2 Å². The minimum absolute atomic E-state index is 0.275. The standard InChI is InChI=1S/C12H8ClFO2S2/c13-9-2-1-3-10(14)8(9)6-17-7-4-11(12(15)16)18-5-7/h1-5H,6H2,(H,15,16). The highest BCUT2D eigenvalue weighted by Gasteiger charge is 2.10. The van der Waals surface area contributed by atoms with E-state index < -0.39 is 5.97 Å². The summed E-state index contributed by atoms with van der Waals surface area (Å²) in [6.45, 7) is 0. The summed E-state index contributed by atoms with van der Waals surface area (Å²) in [6.07, 6.45) is 0. The molecule has 1 heterocycles. The number of hydrogen-bond donors (Lipinski definition) is 1. The van der Waals surface area contributed by atoms with E-state index in [0.717, 1.165) is 16.2 Å². The SMILES string of the molecule is O=C(O)c1cc(SCc2c(F)cccc2Cl)cs1. The second kappa shape index (κ2) is 5.73. The van der Waals surface area contributed by atoms with Gasteiger partial charge in [0.25, 0.3) is 0 Å². The van der Waals surface area contributed by atoms with E-state index >= 15 is 0 Å². The lowest BCUT2D eigenvalue weighted by atomic mass is 10.2. The highest BCUT2D eigenvalue weighted by atomic mass is 35.5. The van der Waals surface area contributed by atoms with Gasteiger partial charge < -0.3 is 5.11 Å². The molecule has 18 heavy (non-hydrogen) atoms. The van der Waals surface area contributed by atoms with E-state index in [9.17, 15) is 9.18 Å². The number of carboxylic acids is 1. The van der Waals surface area contributed by atoms with Gasteiger partial charge in [0.1, 0.15) is 10.7 Å². The Labute approximate surface area is 116 Å². The number of thiophene rings is 1. The van der Waals surface area contributed by atoms with Crippen LogP contribution in [0.1, 0.15) is 15.2 Å². The molecule has 0 unspecified atom stereocenters. The van der Waals surface area contributed by atoms with Crippen molar-refractivity contribution in [3.63, 3.8) is 0 Å². The third kappa shape index (κ3) is 3.04. The monoisotopic (exact) mass is 302 g/mol. The van der Waals surface area contributed by atoms with Crippen LogP contribution in [0.15, 0.2) is 34.5 Å². The predicted octanol–water partition coefficient (Wildman–Crippen LogP) is 4.53. The van der Waals surface area contributed by atoms with Gasteiger partial charge >= 0.3 is 5.97 Å². The van der Waals surface area contributed by atoms with Crippen molar-refractivity contribution in [1.82, 2.24) is 0 Å². The van der Waals surface area contributed by atoms with E-state index in [0.29, 0.717) is 16.3 Å². The van der Waals surface area contributed by atoms with Crippen LogP contribution in [0, 0.1) is 5.82 Å². The maximum absolute atomic E-state index is 13.5. The fourth-order valence-corrected chi connectivity index (χ4v) is 3.55. The Bertz CT molecular complexity index is 563. The quantitative estimate of drug-likeness (QED) is 0.843. The van der Waals surface area contributed by atoms with Crippen molar-refractivity contribution in [2.45, 2.75) is 10.6 Å². The predicted molar refractivity (Wildman–Crippen MR) is 72.2 cm³/mol. The van der Waals surface area contributed by atoms with Crippen LogP contribution in [0.5, 0.6) is 0 Å². The molecule has 2 nitrogen and oxygen atoms in total. The summed E-state index contributed by atoms with van der Waals surface area (Å²) >= 11 is 8.42. The van der Waals surface area contributed by atoms with Gasteiger partial charge in [-0.1, -0.05) is 17.7 Å². The summed E-state index contributed by atoms with van der Waals surface area (Å²) in [7, 11) is 0. The average Bonchev–Trinajstić information content (AvgIpc) is 2.77. The summed E-state index contributed by atoms with van der Waals surface area (Å²) in [6, 6.07) is 6.13. The second-order valence-corrected chi connectivity index (χ2v) is 5.81. The fraction of sp³-hybridized carbons (Fsp3) is 0.0833. The first-order valence-electron chi connectivity index (χ1n) is 4.95. The molecule has 0 radical (unpaired) electrons. The lowest BCUT2D eigenvalue weighted by Gasteiger charge is -2.04. The first kappa shape index (κ1) is 13.4. The van der Waals surface area contributed by atoms with Crippen LogP contribution < -0.4 is 0 Å². The van der Waals surface area contributed by atoms with Crippen molar-refractivity contribution in [1.29, 1.82) is 0 Å². The van der Waals surface area contributed by atoms with Crippen molar-refractivity contribution in [2.24, 2.45) is 0 Å². The molecule has 0 bridgehead atoms. The van der Waals surface area contributed by atoms with Crippen LogP contribution in [0.3, 0.4) is 0 Å². The Balaban J connectivity index is 2.09.